The Labute approximate surface area is 122 Å². The van der Waals surface area contributed by atoms with Gasteiger partial charge in [0.05, 0.1) is 19.8 Å². The Morgan fingerprint density at radius 2 is 2.00 bits per heavy atom. The maximum Gasteiger partial charge on any atom is 0.185 e. The topological polar surface area (TPSA) is 90.4 Å². The highest BCUT2D eigenvalue weighted by Crippen LogP contribution is 2.30. The maximum absolute atomic E-state index is 9.08. The molecule has 21 heavy (non-hydrogen) atoms. The molecule has 1 aromatic carbocycles. The number of aromatic nitrogens is 1. The largest absolute Gasteiger partial charge is 0.493 e. The highest BCUT2D eigenvalue weighted by molar-refractivity contribution is 5.53. The molecule has 2 N–H and O–H groups in total. The summed E-state index contributed by atoms with van der Waals surface area (Å²) in [6.45, 7) is 0.152. The van der Waals surface area contributed by atoms with Gasteiger partial charge in [0, 0.05) is 18.0 Å². The van der Waals surface area contributed by atoms with Gasteiger partial charge in [-0.05, 0) is 18.2 Å². The molecule has 108 valence electrons. The van der Waals surface area contributed by atoms with Gasteiger partial charge in [0.15, 0.2) is 11.5 Å². The fraction of sp³-hybridized carbons (Fsp3) is 0.200. The number of methoxy groups -OCH3 is 2. The highest BCUT2D eigenvalue weighted by atomic mass is 16.5. The van der Waals surface area contributed by atoms with E-state index in [1.807, 2.05) is 6.07 Å². The van der Waals surface area contributed by atoms with Crippen molar-refractivity contribution >= 4 is 5.69 Å². The monoisotopic (exact) mass is 285 g/mol. The van der Waals surface area contributed by atoms with Gasteiger partial charge in [0.2, 0.25) is 0 Å². The molecule has 6 nitrogen and oxygen atoms in total. The first-order valence-electron chi connectivity index (χ1n) is 6.18. The number of nitriles is 1. The molecule has 2 aromatic rings. The first-order chi connectivity index (χ1) is 10.2. The molecule has 0 atom stereocenters. The summed E-state index contributed by atoms with van der Waals surface area (Å²) in [7, 11) is 3.09. The SMILES string of the molecule is COc1ccnc(COc2ccc(N)cc2C#N)c1OC. The summed E-state index contributed by atoms with van der Waals surface area (Å²) in [5.41, 5.74) is 7.10. The Morgan fingerprint density at radius 1 is 1.19 bits per heavy atom. The average molecular weight is 285 g/mol. The lowest BCUT2D eigenvalue weighted by Crippen LogP contribution is -2.04. The molecule has 2 rings (SSSR count). The number of nitrogens with two attached hydrogens (primary N) is 1. The van der Waals surface area contributed by atoms with E-state index >= 15 is 0 Å². The van der Waals surface area contributed by atoms with Crippen LogP contribution >= 0.6 is 0 Å². The van der Waals surface area contributed by atoms with Crippen molar-refractivity contribution in [2.75, 3.05) is 20.0 Å². The third-order valence-electron chi connectivity index (χ3n) is 2.85. The van der Waals surface area contributed by atoms with Gasteiger partial charge >= 0.3 is 0 Å². The molecule has 0 radical (unpaired) electrons. The van der Waals surface area contributed by atoms with Crippen molar-refractivity contribution < 1.29 is 14.2 Å². The fourth-order valence-electron chi connectivity index (χ4n) is 1.86. The van der Waals surface area contributed by atoms with Gasteiger partial charge in [-0.25, -0.2) is 0 Å². The number of anilines is 1. The molecule has 0 spiro atoms. The van der Waals surface area contributed by atoms with Crippen LogP contribution in [0.15, 0.2) is 30.5 Å². The van der Waals surface area contributed by atoms with Crippen LogP contribution in [0.25, 0.3) is 0 Å². The molecule has 1 aromatic heterocycles. The van der Waals surface area contributed by atoms with Crippen LogP contribution < -0.4 is 19.9 Å². The quantitative estimate of drug-likeness (QED) is 0.846. The molecule has 0 saturated carbocycles. The van der Waals surface area contributed by atoms with Gasteiger partial charge in [0.25, 0.3) is 0 Å². The summed E-state index contributed by atoms with van der Waals surface area (Å²) in [5, 5.41) is 9.08. The Balaban J connectivity index is 2.23. The second kappa shape index (κ2) is 6.48. The van der Waals surface area contributed by atoms with E-state index in [9.17, 15) is 0 Å². The number of ether oxygens (including phenoxy) is 3. The van der Waals surface area contributed by atoms with Gasteiger partial charge in [-0.2, -0.15) is 5.26 Å². The Morgan fingerprint density at radius 3 is 2.67 bits per heavy atom. The van der Waals surface area contributed by atoms with E-state index < -0.39 is 0 Å². The van der Waals surface area contributed by atoms with Gasteiger partial charge in [-0.15, -0.1) is 0 Å². The third-order valence-corrected chi connectivity index (χ3v) is 2.85. The molecule has 0 amide bonds. The molecule has 1 heterocycles. The van der Waals surface area contributed by atoms with Crippen molar-refractivity contribution in [2.24, 2.45) is 0 Å². The summed E-state index contributed by atoms with van der Waals surface area (Å²) in [6.07, 6.45) is 1.61. The summed E-state index contributed by atoms with van der Waals surface area (Å²) in [6, 6.07) is 8.63. The van der Waals surface area contributed by atoms with E-state index in [0.29, 0.717) is 34.2 Å². The van der Waals surface area contributed by atoms with Crippen LogP contribution in [-0.4, -0.2) is 19.2 Å². The minimum Gasteiger partial charge on any atom is -0.493 e. The molecule has 0 bridgehead atoms. The summed E-state index contributed by atoms with van der Waals surface area (Å²) >= 11 is 0. The normalized spacial score (nSPS) is 9.76. The van der Waals surface area contributed by atoms with E-state index in [2.05, 4.69) is 4.98 Å². The molecule has 6 heteroatoms. The fourth-order valence-corrected chi connectivity index (χ4v) is 1.86. The van der Waals surface area contributed by atoms with Crippen molar-refractivity contribution in [2.45, 2.75) is 6.61 Å². The molecular weight excluding hydrogens is 270 g/mol. The molecule has 0 aliphatic carbocycles. The number of nitrogen functional groups attached to an aromatic ring is 1. The van der Waals surface area contributed by atoms with Crippen molar-refractivity contribution in [1.82, 2.24) is 4.98 Å². The second-order valence-corrected chi connectivity index (χ2v) is 4.15. The van der Waals surface area contributed by atoms with E-state index in [1.54, 1.807) is 37.6 Å². The van der Waals surface area contributed by atoms with E-state index in [0.717, 1.165) is 0 Å². The van der Waals surface area contributed by atoms with Crippen molar-refractivity contribution in [3.05, 3.63) is 41.7 Å². The van der Waals surface area contributed by atoms with Crippen LogP contribution in [0.3, 0.4) is 0 Å². The zero-order valence-electron chi connectivity index (χ0n) is 11.8. The lowest BCUT2D eigenvalue weighted by molar-refractivity contribution is 0.284. The Hall–Kier alpha value is -2.94. The minimum absolute atomic E-state index is 0.152. The standard InChI is InChI=1S/C15H15N3O3/c1-19-14-5-6-18-12(15(14)20-2)9-21-13-4-3-11(17)7-10(13)8-16/h3-7H,9,17H2,1-2H3. The van der Waals surface area contributed by atoms with Crippen LogP contribution in [0.4, 0.5) is 5.69 Å². The zero-order chi connectivity index (χ0) is 15.2. The van der Waals surface area contributed by atoms with E-state index in [1.165, 1.54) is 7.11 Å². The van der Waals surface area contributed by atoms with Crippen LogP contribution in [0.2, 0.25) is 0 Å². The summed E-state index contributed by atoms with van der Waals surface area (Å²) in [4.78, 5) is 4.21. The number of hydrogen-bond donors (Lipinski definition) is 1. The number of benzene rings is 1. The van der Waals surface area contributed by atoms with E-state index in [4.69, 9.17) is 25.2 Å². The lowest BCUT2D eigenvalue weighted by Gasteiger charge is -2.13. The summed E-state index contributed by atoms with van der Waals surface area (Å²) in [5.74, 6) is 1.52. The average Bonchev–Trinajstić information content (AvgIpc) is 2.52. The molecule has 0 saturated heterocycles. The van der Waals surface area contributed by atoms with E-state index in [-0.39, 0.29) is 6.61 Å². The van der Waals surface area contributed by atoms with Crippen LogP contribution in [-0.2, 0) is 6.61 Å². The second-order valence-electron chi connectivity index (χ2n) is 4.15. The molecule has 0 aliphatic rings. The molecule has 0 fully saturated rings. The van der Waals surface area contributed by atoms with Crippen LogP contribution in [0.1, 0.15) is 11.3 Å². The van der Waals surface area contributed by atoms with Gasteiger partial charge < -0.3 is 19.9 Å². The third kappa shape index (κ3) is 3.15. The number of hydrogen-bond acceptors (Lipinski definition) is 6. The van der Waals surface area contributed by atoms with Crippen LogP contribution in [0.5, 0.6) is 17.2 Å². The van der Waals surface area contributed by atoms with Crippen molar-refractivity contribution in [3.63, 3.8) is 0 Å². The van der Waals surface area contributed by atoms with Crippen LogP contribution in [0, 0.1) is 11.3 Å². The molecule has 0 unspecified atom stereocenters. The maximum atomic E-state index is 9.08. The number of rotatable bonds is 5. The minimum atomic E-state index is 0.152. The summed E-state index contributed by atoms with van der Waals surface area (Å²) < 4.78 is 16.1. The predicted octanol–water partition coefficient (Wildman–Crippen LogP) is 2.13. The number of pyridine rings is 1. The highest BCUT2D eigenvalue weighted by Gasteiger charge is 2.12. The van der Waals surface area contributed by atoms with Crippen molar-refractivity contribution in [1.29, 1.82) is 5.26 Å². The first-order valence-corrected chi connectivity index (χ1v) is 6.18. The van der Waals surface area contributed by atoms with Crippen molar-refractivity contribution in [3.8, 4) is 23.3 Å². The van der Waals surface area contributed by atoms with Gasteiger partial charge in [-0.3, -0.25) is 4.98 Å². The first kappa shape index (κ1) is 14.5. The lowest BCUT2D eigenvalue weighted by atomic mass is 10.2. The zero-order valence-corrected chi connectivity index (χ0v) is 11.8. The predicted molar refractivity (Wildman–Crippen MR) is 77.2 cm³/mol. The van der Waals surface area contributed by atoms with Gasteiger partial charge in [0.1, 0.15) is 24.1 Å². The smallest absolute Gasteiger partial charge is 0.185 e. The van der Waals surface area contributed by atoms with Gasteiger partial charge in [-0.1, -0.05) is 0 Å². The molecular formula is C15H15N3O3. The Bertz CT molecular complexity index is 680. The molecule has 0 aliphatic heterocycles. The Kier molecular flexibility index (Phi) is 4.46. The number of nitrogens with zero attached hydrogens (tertiary/aromatic N) is 2.